The van der Waals surface area contributed by atoms with Crippen LogP contribution in [0.3, 0.4) is 0 Å². The summed E-state index contributed by atoms with van der Waals surface area (Å²) in [6, 6.07) is 14.7. The lowest BCUT2D eigenvalue weighted by Gasteiger charge is -2.04. The third-order valence-electron chi connectivity index (χ3n) is 2.89. The number of rotatable bonds is 2. The lowest BCUT2D eigenvalue weighted by molar-refractivity contribution is 0.103. The number of carbonyl (C=O) groups is 1. The third-order valence-corrected chi connectivity index (χ3v) is 4.56. The van der Waals surface area contributed by atoms with Crippen LogP contribution in [-0.4, -0.2) is 5.91 Å². The number of anilines is 2. The number of nitrogens with one attached hydrogen (secondary N) is 1. The quantitative estimate of drug-likeness (QED) is 0.690. The van der Waals surface area contributed by atoms with Crippen LogP contribution in [0.4, 0.5) is 11.4 Å². The summed E-state index contributed by atoms with van der Waals surface area (Å²) in [5, 5.41) is 4.20. The maximum atomic E-state index is 12.3. The molecular weight excluding hydrogens is 292 g/mol. The molecule has 2 aromatic carbocycles. The fourth-order valence-electron chi connectivity index (χ4n) is 1.96. The average Bonchev–Trinajstić information content (AvgIpc) is 2.77. The molecule has 1 aromatic heterocycles. The van der Waals surface area contributed by atoms with Crippen molar-refractivity contribution in [2.24, 2.45) is 0 Å². The van der Waals surface area contributed by atoms with E-state index in [0.717, 1.165) is 10.1 Å². The van der Waals surface area contributed by atoms with Gasteiger partial charge in [-0.15, -0.1) is 11.3 Å². The Morgan fingerprint density at radius 1 is 1.15 bits per heavy atom. The van der Waals surface area contributed by atoms with Gasteiger partial charge in [-0.3, -0.25) is 4.79 Å². The van der Waals surface area contributed by atoms with Gasteiger partial charge in [0.25, 0.3) is 5.91 Å². The van der Waals surface area contributed by atoms with E-state index < -0.39 is 0 Å². The van der Waals surface area contributed by atoms with Crippen LogP contribution in [0.2, 0.25) is 5.02 Å². The van der Waals surface area contributed by atoms with Crippen molar-refractivity contribution in [1.82, 2.24) is 0 Å². The summed E-state index contributed by atoms with van der Waals surface area (Å²) in [4.78, 5) is 12.8. The molecule has 100 valence electrons. The highest BCUT2D eigenvalue weighted by Gasteiger charge is 2.16. The van der Waals surface area contributed by atoms with Crippen LogP contribution in [0.15, 0.2) is 48.5 Å². The van der Waals surface area contributed by atoms with Gasteiger partial charge in [0.15, 0.2) is 0 Å². The molecule has 3 rings (SSSR count). The van der Waals surface area contributed by atoms with Crippen LogP contribution in [0.25, 0.3) is 10.1 Å². The molecule has 0 unspecified atom stereocenters. The molecule has 0 aliphatic heterocycles. The molecule has 1 amide bonds. The highest BCUT2D eigenvalue weighted by Crippen LogP contribution is 2.35. The molecule has 5 heteroatoms. The van der Waals surface area contributed by atoms with Gasteiger partial charge in [-0.1, -0.05) is 35.9 Å². The number of carbonyl (C=O) groups excluding carboxylic acids is 1. The summed E-state index contributed by atoms with van der Waals surface area (Å²) < 4.78 is 0.996. The predicted molar refractivity (Wildman–Crippen MR) is 85.6 cm³/mol. The largest absolute Gasteiger partial charge is 0.399 e. The third kappa shape index (κ3) is 2.35. The Balaban J connectivity index is 1.95. The van der Waals surface area contributed by atoms with Crippen LogP contribution in [0.5, 0.6) is 0 Å². The van der Waals surface area contributed by atoms with Gasteiger partial charge in [0.05, 0.1) is 5.02 Å². The van der Waals surface area contributed by atoms with E-state index in [4.69, 9.17) is 17.3 Å². The Hall–Kier alpha value is -2.04. The molecule has 0 bridgehead atoms. The highest BCUT2D eigenvalue weighted by molar-refractivity contribution is 7.21. The first-order valence-electron chi connectivity index (χ1n) is 5.99. The summed E-state index contributed by atoms with van der Waals surface area (Å²) in [5.41, 5.74) is 6.95. The molecular formula is C15H11ClN2OS. The molecule has 0 atom stereocenters. The van der Waals surface area contributed by atoms with E-state index in [2.05, 4.69) is 5.32 Å². The molecule has 0 spiro atoms. The first-order valence-corrected chi connectivity index (χ1v) is 7.18. The topological polar surface area (TPSA) is 55.1 Å². The number of hydrogen-bond donors (Lipinski definition) is 2. The van der Waals surface area contributed by atoms with E-state index in [9.17, 15) is 4.79 Å². The fraction of sp³-hybridized carbons (Fsp3) is 0. The second-order valence-corrected chi connectivity index (χ2v) is 5.75. The Labute approximate surface area is 125 Å². The number of halogens is 1. The zero-order valence-corrected chi connectivity index (χ0v) is 12.0. The number of fused-ring (bicyclic) bond motifs is 1. The van der Waals surface area contributed by atoms with E-state index in [1.807, 2.05) is 24.3 Å². The van der Waals surface area contributed by atoms with Gasteiger partial charge in [-0.2, -0.15) is 0 Å². The summed E-state index contributed by atoms with van der Waals surface area (Å²) in [7, 11) is 0. The average molecular weight is 303 g/mol. The van der Waals surface area contributed by atoms with E-state index >= 15 is 0 Å². The van der Waals surface area contributed by atoms with Crippen LogP contribution < -0.4 is 11.1 Å². The van der Waals surface area contributed by atoms with Crippen molar-refractivity contribution in [2.75, 3.05) is 11.1 Å². The van der Waals surface area contributed by atoms with Crippen LogP contribution in [-0.2, 0) is 0 Å². The molecule has 0 radical (unpaired) electrons. The smallest absolute Gasteiger partial charge is 0.267 e. The van der Waals surface area contributed by atoms with Crippen molar-refractivity contribution >= 4 is 50.3 Å². The van der Waals surface area contributed by atoms with Crippen LogP contribution >= 0.6 is 22.9 Å². The Morgan fingerprint density at radius 3 is 2.70 bits per heavy atom. The van der Waals surface area contributed by atoms with Crippen molar-refractivity contribution in [1.29, 1.82) is 0 Å². The van der Waals surface area contributed by atoms with Crippen LogP contribution in [0, 0.1) is 0 Å². The molecule has 3 N–H and O–H groups in total. The summed E-state index contributed by atoms with van der Waals surface area (Å²) in [6.45, 7) is 0. The van der Waals surface area contributed by atoms with Gasteiger partial charge in [0, 0.05) is 21.5 Å². The fourth-order valence-corrected chi connectivity index (χ4v) is 3.38. The second-order valence-electron chi connectivity index (χ2n) is 4.32. The molecule has 0 aliphatic carbocycles. The molecule has 3 nitrogen and oxygen atoms in total. The molecule has 1 heterocycles. The maximum Gasteiger partial charge on any atom is 0.267 e. The summed E-state index contributed by atoms with van der Waals surface area (Å²) >= 11 is 7.65. The van der Waals surface area contributed by atoms with E-state index in [1.54, 1.807) is 24.3 Å². The van der Waals surface area contributed by atoms with Gasteiger partial charge in [0.2, 0.25) is 0 Å². The first-order chi connectivity index (χ1) is 9.65. The Kier molecular flexibility index (Phi) is 3.34. The van der Waals surface area contributed by atoms with Crippen molar-refractivity contribution in [3.05, 3.63) is 58.4 Å². The lowest BCUT2D eigenvalue weighted by atomic mass is 10.2. The van der Waals surface area contributed by atoms with Crippen molar-refractivity contribution in [3.63, 3.8) is 0 Å². The normalized spacial score (nSPS) is 10.7. The Morgan fingerprint density at radius 2 is 1.95 bits per heavy atom. The maximum absolute atomic E-state index is 12.3. The Bertz CT molecular complexity index is 797. The van der Waals surface area contributed by atoms with E-state index in [-0.39, 0.29) is 5.91 Å². The number of benzene rings is 2. The minimum absolute atomic E-state index is 0.221. The molecule has 0 saturated carbocycles. The van der Waals surface area contributed by atoms with Crippen molar-refractivity contribution in [2.45, 2.75) is 0 Å². The predicted octanol–water partition coefficient (Wildman–Crippen LogP) is 4.39. The van der Waals surface area contributed by atoms with Crippen molar-refractivity contribution < 1.29 is 4.79 Å². The minimum Gasteiger partial charge on any atom is -0.399 e. The lowest BCUT2D eigenvalue weighted by Crippen LogP contribution is -2.10. The number of thiophene rings is 1. The highest BCUT2D eigenvalue weighted by atomic mass is 35.5. The van der Waals surface area contributed by atoms with Gasteiger partial charge >= 0.3 is 0 Å². The zero-order chi connectivity index (χ0) is 14.1. The molecule has 3 aromatic rings. The van der Waals surface area contributed by atoms with E-state index in [1.165, 1.54) is 11.3 Å². The van der Waals surface area contributed by atoms with Gasteiger partial charge in [0.1, 0.15) is 4.88 Å². The first kappa shape index (κ1) is 13.0. The second kappa shape index (κ2) is 5.15. The zero-order valence-electron chi connectivity index (χ0n) is 10.4. The molecule has 0 aliphatic rings. The minimum atomic E-state index is -0.221. The summed E-state index contributed by atoms with van der Waals surface area (Å²) in [5.74, 6) is -0.221. The number of nitrogens with two attached hydrogens (primary N) is 1. The van der Waals surface area contributed by atoms with Gasteiger partial charge < -0.3 is 11.1 Å². The standard InChI is InChI=1S/C15H11ClN2OS/c16-13-11-6-1-2-7-12(11)20-14(13)15(19)18-10-5-3-4-9(17)8-10/h1-8H,17H2,(H,18,19). The molecule has 0 fully saturated rings. The van der Waals surface area contributed by atoms with Gasteiger partial charge in [-0.25, -0.2) is 0 Å². The number of nitrogen functional groups attached to an aromatic ring is 1. The van der Waals surface area contributed by atoms with Crippen molar-refractivity contribution in [3.8, 4) is 0 Å². The SMILES string of the molecule is Nc1cccc(NC(=O)c2sc3ccccc3c2Cl)c1. The summed E-state index contributed by atoms with van der Waals surface area (Å²) in [6.07, 6.45) is 0. The van der Waals surface area contributed by atoms with Crippen LogP contribution in [0.1, 0.15) is 9.67 Å². The number of hydrogen-bond acceptors (Lipinski definition) is 3. The monoisotopic (exact) mass is 302 g/mol. The molecule has 20 heavy (non-hydrogen) atoms. The van der Waals surface area contributed by atoms with E-state index in [0.29, 0.717) is 21.3 Å². The van der Waals surface area contributed by atoms with Gasteiger partial charge in [-0.05, 0) is 24.3 Å². The molecule has 0 saturated heterocycles. The number of amides is 1.